The Morgan fingerprint density at radius 1 is 1.33 bits per heavy atom. The van der Waals surface area contributed by atoms with Gasteiger partial charge in [0.25, 0.3) is 0 Å². The maximum atomic E-state index is 9.69. The number of nitrogens with two attached hydrogens (primary N) is 1. The number of hydrogen-bond donors (Lipinski definition) is 2. The molecule has 0 saturated carbocycles. The van der Waals surface area contributed by atoms with Gasteiger partial charge in [0.05, 0.1) is 6.10 Å². The number of aliphatic hydroxyl groups excluding tert-OH is 1. The van der Waals surface area contributed by atoms with Crippen molar-refractivity contribution in [2.45, 2.75) is 58.6 Å². The Hall–Kier alpha value is -0.0800. The maximum Gasteiger partial charge on any atom is 0.0716 e. The predicted molar refractivity (Wildman–Crippen MR) is 53.0 cm³/mol. The van der Waals surface area contributed by atoms with Crippen LogP contribution in [0.25, 0.3) is 0 Å². The summed E-state index contributed by atoms with van der Waals surface area (Å²) in [6.07, 6.45) is 4.21. The fraction of sp³-hybridized carbons (Fsp3) is 1.00. The van der Waals surface area contributed by atoms with Crippen LogP contribution in [-0.4, -0.2) is 17.3 Å². The second-order valence-corrected chi connectivity index (χ2v) is 3.66. The highest BCUT2D eigenvalue weighted by molar-refractivity contribution is 4.74. The molecular weight excluding hydrogens is 150 g/mol. The molecule has 0 aliphatic heterocycles. The van der Waals surface area contributed by atoms with Gasteiger partial charge < -0.3 is 10.8 Å². The molecule has 3 unspecified atom stereocenters. The van der Waals surface area contributed by atoms with Gasteiger partial charge in [-0.05, 0) is 19.3 Å². The first kappa shape index (κ1) is 11.9. The van der Waals surface area contributed by atoms with E-state index in [0.29, 0.717) is 5.92 Å². The number of hydrogen-bond acceptors (Lipinski definition) is 2. The molecule has 0 bridgehead atoms. The van der Waals surface area contributed by atoms with E-state index in [-0.39, 0.29) is 12.1 Å². The normalized spacial score (nSPS) is 18.8. The summed E-state index contributed by atoms with van der Waals surface area (Å²) in [4.78, 5) is 0. The summed E-state index contributed by atoms with van der Waals surface area (Å²) in [6.45, 7) is 6.16. The van der Waals surface area contributed by atoms with Crippen LogP contribution in [0, 0.1) is 5.92 Å². The van der Waals surface area contributed by atoms with Gasteiger partial charge in [0, 0.05) is 6.04 Å². The Labute approximate surface area is 76.2 Å². The molecule has 0 fully saturated rings. The van der Waals surface area contributed by atoms with Crippen LogP contribution in [0.4, 0.5) is 0 Å². The highest BCUT2D eigenvalue weighted by atomic mass is 16.3. The Morgan fingerprint density at radius 2 is 1.92 bits per heavy atom. The number of unbranched alkanes of at least 4 members (excludes halogenated alkanes) is 1. The third-order valence-corrected chi connectivity index (χ3v) is 2.47. The summed E-state index contributed by atoms with van der Waals surface area (Å²) in [7, 11) is 0. The zero-order valence-electron chi connectivity index (χ0n) is 8.59. The van der Waals surface area contributed by atoms with Crippen molar-refractivity contribution < 1.29 is 5.11 Å². The minimum Gasteiger partial charge on any atom is -0.391 e. The smallest absolute Gasteiger partial charge is 0.0716 e. The van der Waals surface area contributed by atoms with Crippen LogP contribution in [0.1, 0.15) is 46.5 Å². The third kappa shape index (κ3) is 4.07. The van der Waals surface area contributed by atoms with Gasteiger partial charge in [-0.15, -0.1) is 0 Å². The fourth-order valence-electron chi connectivity index (χ4n) is 1.51. The van der Waals surface area contributed by atoms with Crippen LogP contribution in [0.2, 0.25) is 0 Å². The van der Waals surface area contributed by atoms with E-state index in [4.69, 9.17) is 5.73 Å². The zero-order valence-corrected chi connectivity index (χ0v) is 8.59. The highest BCUT2D eigenvalue weighted by Crippen LogP contribution is 2.18. The molecule has 3 atom stereocenters. The summed E-state index contributed by atoms with van der Waals surface area (Å²) < 4.78 is 0. The summed E-state index contributed by atoms with van der Waals surface area (Å²) in [6, 6.07) is -0.0909. The maximum absolute atomic E-state index is 9.69. The van der Waals surface area contributed by atoms with E-state index < -0.39 is 0 Å². The van der Waals surface area contributed by atoms with E-state index in [2.05, 4.69) is 13.8 Å². The topological polar surface area (TPSA) is 46.2 Å². The molecule has 12 heavy (non-hydrogen) atoms. The van der Waals surface area contributed by atoms with E-state index in [1.807, 2.05) is 6.92 Å². The molecule has 0 heterocycles. The van der Waals surface area contributed by atoms with Crippen molar-refractivity contribution in [3.05, 3.63) is 0 Å². The summed E-state index contributed by atoms with van der Waals surface area (Å²) in [5.41, 5.74) is 5.63. The van der Waals surface area contributed by atoms with Gasteiger partial charge in [0.15, 0.2) is 0 Å². The van der Waals surface area contributed by atoms with Crippen molar-refractivity contribution in [2.24, 2.45) is 11.7 Å². The highest BCUT2D eigenvalue weighted by Gasteiger charge is 2.19. The molecule has 0 radical (unpaired) electrons. The van der Waals surface area contributed by atoms with Crippen molar-refractivity contribution in [2.75, 3.05) is 0 Å². The first-order valence-electron chi connectivity index (χ1n) is 5.07. The lowest BCUT2D eigenvalue weighted by Gasteiger charge is -2.24. The van der Waals surface area contributed by atoms with Gasteiger partial charge in [-0.3, -0.25) is 0 Å². The molecule has 0 rings (SSSR count). The molecule has 0 aliphatic carbocycles. The molecule has 74 valence electrons. The lowest BCUT2D eigenvalue weighted by Crippen LogP contribution is -2.37. The van der Waals surface area contributed by atoms with Gasteiger partial charge in [-0.2, -0.15) is 0 Å². The average molecular weight is 173 g/mol. The lowest BCUT2D eigenvalue weighted by molar-refractivity contribution is 0.0792. The molecule has 0 aromatic carbocycles. The van der Waals surface area contributed by atoms with Gasteiger partial charge in [-0.25, -0.2) is 0 Å². The van der Waals surface area contributed by atoms with Crippen molar-refractivity contribution >= 4 is 0 Å². The van der Waals surface area contributed by atoms with Crippen LogP contribution >= 0.6 is 0 Å². The number of aliphatic hydroxyl groups is 1. The molecule has 0 aliphatic rings. The first-order valence-corrected chi connectivity index (χ1v) is 5.07. The summed E-state index contributed by atoms with van der Waals surface area (Å²) in [5.74, 6) is 0.393. The average Bonchev–Trinajstić information content (AvgIpc) is 2.05. The Kier molecular flexibility index (Phi) is 6.39. The second kappa shape index (κ2) is 6.44. The molecular formula is C10H23NO. The van der Waals surface area contributed by atoms with E-state index >= 15 is 0 Å². The monoisotopic (exact) mass is 173 g/mol. The minimum atomic E-state index is -0.318. The standard InChI is InChI=1S/C10H23NO/c1-4-6-7-9(5-2)10(12)8(3)11/h8-10,12H,4-7,11H2,1-3H3. The SMILES string of the molecule is CCCCC(CC)C(O)C(C)N. The zero-order chi connectivity index (χ0) is 9.56. The largest absolute Gasteiger partial charge is 0.391 e. The molecule has 2 nitrogen and oxygen atoms in total. The van der Waals surface area contributed by atoms with Crippen molar-refractivity contribution in [1.29, 1.82) is 0 Å². The molecule has 0 aromatic rings. The molecule has 2 heteroatoms. The van der Waals surface area contributed by atoms with E-state index in [9.17, 15) is 5.11 Å². The fourth-order valence-corrected chi connectivity index (χ4v) is 1.51. The first-order chi connectivity index (χ1) is 5.63. The van der Waals surface area contributed by atoms with E-state index in [1.54, 1.807) is 0 Å². The van der Waals surface area contributed by atoms with Crippen LogP contribution in [0.15, 0.2) is 0 Å². The molecule has 3 N–H and O–H groups in total. The van der Waals surface area contributed by atoms with Crippen LogP contribution < -0.4 is 5.73 Å². The van der Waals surface area contributed by atoms with Gasteiger partial charge in [0.1, 0.15) is 0 Å². The van der Waals surface area contributed by atoms with Crippen molar-refractivity contribution in [1.82, 2.24) is 0 Å². The van der Waals surface area contributed by atoms with Crippen LogP contribution in [0.3, 0.4) is 0 Å². The van der Waals surface area contributed by atoms with Gasteiger partial charge in [0.2, 0.25) is 0 Å². The van der Waals surface area contributed by atoms with Gasteiger partial charge in [-0.1, -0.05) is 33.1 Å². The van der Waals surface area contributed by atoms with E-state index in [0.717, 1.165) is 12.8 Å². The van der Waals surface area contributed by atoms with Crippen LogP contribution in [0.5, 0.6) is 0 Å². The summed E-state index contributed by atoms with van der Waals surface area (Å²) in [5, 5.41) is 9.69. The molecule has 0 amide bonds. The van der Waals surface area contributed by atoms with Crippen molar-refractivity contribution in [3.63, 3.8) is 0 Å². The second-order valence-electron chi connectivity index (χ2n) is 3.66. The lowest BCUT2D eigenvalue weighted by atomic mass is 9.90. The minimum absolute atomic E-state index is 0.0909. The molecule has 0 aromatic heterocycles. The number of rotatable bonds is 6. The van der Waals surface area contributed by atoms with Crippen LogP contribution in [-0.2, 0) is 0 Å². The summed E-state index contributed by atoms with van der Waals surface area (Å²) >= 11 is 0. The molecule has 0 spiro atoms. The Bertz CT molecular complexity index is 104. The predicted octanol–water partition coefficient (Wildman–Crippen LogP) is 1.91. The third-order valence-electron chi connectivity index (χ3n) is 2.47. The van der Waals surface area contributed by atoms with Gasteiger partial charge >= 0.3 is 0 Å². The van der Waals surface area contributed by atoms with Crippen molar-refractivity contribution in [3.8, 4) is 0 Å². The Balaban J connectivity index is 3.79. The molecule has 0 saturated heterocycles. The van der Waals surface area contributed by atoms with E-state index in [1.165, 1.54) is 12.8 Å². The quantitative estimate of drug-likeness (QED) is 0.644. The Morgan fingerprint density at radius 3 is 2.25 bits per heavy atom.